The van der Waals surface area contributed by atoms with E-state index in [1.165, 1.54) is 0 Å². The van der Waals surface area contributed by atoms with Gasteiger partial charge in [-0.25, -0.2) is 0 Å². The molecule has 1 aliphatic heterocycles. The number of halogens is 1. The fourth-order valence-corrected chi connectivity index (χ4v) is 1.94. The van der Waals surface area contributed by atoms with E-state index in [-0.39, 0.29) is 5.54 Å². The number of benzene rings is 1. The van der Waals surface area contributed by atoms with Crippen LogP contribution in [0.3, 0.4) is 0 Å². The van der Waals surface area contributed by atoms with Crippen LogP contribution in [0.5, 0.6) is 5.75 Å². The lowest BCUT2D eigenvalue weighted by Gasteiger charge is -2.32. The van der Waals surface area contributed by atoms with Crippen molar-refractivity contribution in [1.29, 1.82) is 0 Å². The normalized spacial score (nSPS) is 26.4. The molecule has 1 aromatic carbocycles. The molecule has 0 spiro atoms. The Balaban J connectivity index is 2.53. The van der Waals surface area contributed by atoms with E-state index >= 15 is 0 Å². The van der Waals surface area contributed by atoms with Crippen LogP contribution in [0.4, 0.5) is 0 Å². The van der Waals surface area contributed by atoms with Crippen molar-refractivity contribution in [3.05, 3.63) is 28.2 Å². The molecule has 3 heteroatoms. The summed E-state index contributed by atoms with van der Waals surface area (Å²) in [5, 5.41) is 0. The number of nitrogens with two attached hydrogens (primary N) is 1. The predicted octanol–water partition coefficient (Wildman–Crippen LogP) is 2.41. The van der Waals surface area contributed by atoms with Crippen LogP contribution < -0.4 is 10.5 Å². The molecule has 0 fully saturated rings. The summed E-state index contributed by atoms with van der Waals surface area (Å²) < 4.78 is 6.56. The molecule has 2 N–H and O–H groups in total. The van der Waals surface area contributed by atoms with Crippen molar-refractivity contribution in [2.24, 2.45) is 5.73 Å². The molecular weight excluding hydrogens is 230 g/mol. The van der Waals surface area contributed by atoms with Crippen LogP contribution in [0.1, 0.15) is 18.9 Å². The van der Waals surface area contributed by atoms with Gasteiger partial charge in [0.05, 0.1) is 6.61 Å². The molecule has 0 unspecified atom stereocenters. The van der Waals surface area contributed by atoms with Gasteiger partial charge >= 0.3 is 0 Å². The van der Waals surface area contributed by atoms with Crippen LogP contribution in [0.15, 0.2) is 22.7 Å². The van der Waals surface area contributed by atoms with Crippen LogP contribution in [-0.4, -0.2) is 6.61 Å². The quantitative estimate of drug-likeness (QED) is 0.758. The Morgan fingerprint density at radius 2 is 2.31 bits per heavy atom. The lowest BCUT2D eigenvalue weighted by Crippen LogP contribution is -2.38. The van der Waals surface area contributed by atoms with E-state index in [0.29, 0.717) is 6.61 Å². The van der Waals surface area contributed by atoms with Gasteiger partial charge in [0, 0.05) is 22.0 Å². The SMILES string of the molecule is C[C@@]1(N)CCOc2cc(Br)ccc21. The summed E-state index contributed by atoms with van der Waals surface area (Å²) in [6.45, 7) is 2.75. The fourth-order valence-electron chi connectivity index (χ4n) is 1.60. The van der Waals surface area contributed by atoms with E-state index < -0.39 is 0 Å². The van der Waals surface area contributed by atoms with E-state index in [1.807, 2.05) is 25.1 Å². The summed E-state index contributed by atoms with van der Waals surface area (Å²) in [6, 6.07) is 6.00. The Bertz CT molecular complexity index is 336. The average Bonchev–Trinajstić information content (AvgIpc) is 2.02. The summed E-state index contributed by atoms with van der Waals surface area (Å²) >= 11 is 3.41. The Morgan fingerprint density at radius 1 is 1.54 bits per heavy atom. The molecule has 0 aliphatic carbocycles. The second-order valence-corrected chi connectivity index (χ2v) is 4.57. The van der Waals surface area contributed by atoms with Crippen LogP contribution in [-0.2, 0) is 5.54 Å². The minimum absolute atomic E-state index is 0.242. The number of fused-ring (bicyclic) bond motifs is 1. The molecule has 1 aromatic rings. The topological polar surface area (TPSA) is 35.2 Å². The zero-order chi connectivity index (χ0) is 9.47. The van der Waals surface area contributed by atoms with Crippen LogP contribution in [0.25, 0.3) is 0 Å². The van der Waals surface area contributed by atoms with Gasteiger partial charge in [-0.15, -0.1) is 0 Å². The zero-order valence-electron chi connectivity index (χ0n) is 7.51. The summed E-state index contributed by atoms with van der Waals surface area (Å²) in [5.41, 5.74) is 7.00. The van der Waals surface area contributed by atoms with Gasteiger partial charge in [-0.3, -0.25) is 0 Å². The summed E-state index contributed by atoms with van der Waals surface area (Å²) in [5.74, 6) is 0.908. The zero-order valence-corrected chi connectivity index (χ0v) is 9.10. The van der Waals surface area contributed by atoms with Gasteiger partial charge in [0.2, 0.25) is 0 Å². The van der Waals surface area contributed by atoms with E-state index in [1.54, 1.807) is 0 Å². The Morgan fingerprint density at radius 3 is 3.08 bits per heavy atom. The van der Waals surface area contributed by atoms with Crippen molar-refractivity contribution >= 4 is 15.9 Å². The second kappa shape index (κ2) is 3.00. The highest BCUT2D eigenvalue weighted by Crippen LogP contribution is 2.36. The van der Waals surface area contributed by atoms with Crippen molar-refractivity contribution in [2.45, 2.75) is 18.9 Å². The van der Waals surface area contributed by atoms with Crippen LogP contribution in [0.2, 0.25) is 0 Å². The summed E-state index contributed by atoms with van der Waals surface area (Å²) in [7, 11) is 0. The number of ether oxygens (including phenoxy) is 1. The lowest BCUT2D eigenvalue weighted by molar-refractivity contribution is 0.227. The minimum Gasteiger partial charge on any atom is -0.493 e. The van der Waals surface area contributed by atoms with E-state index in [4.69, 9.17) is 10.5 Å². The Kier molecular flexibility index (Phi) is 2.08. The third-order valence-electron chi connectivity index (χ3n) is 2.44. The van der Waals surface area contributed by atoms with Crippen molar-refractivity contribution in [1.82, 2.24) is 0 Å². The Labute approximate surface area is 86.2 Å². The third kappa shape index (κ3) is 1.58. The molecule has 1 aliphatic rings. The highest BCUT2D eigenvalue weighted by atomic mass is 79.9. The van der Waals surface area contributed by atoms with Crippen molar-refractivity contribution in [3.8, 4) is 5.75 Å². The number of hydrogen-bond acceptors (Lipinski definition) is 2. The molecule has 0 saturated carbocycles. The molecule has 2 rings (SSSR count). The smallest absolute Gasteiger partial charge is 0.125 e. The van der Waals surface area contributed by atoms with E-state index in [9.17, 15) is 0 Å². The van der Waals surface area contributed by atoms with Gasteiger partial charge in [-0.2, -0.15) is 0 Å². The maximum Gasteiger partial charge on any atom is 0.125 e. The first kappa shape index (κ1) is 9.03. The monoisotopic (exact) mass is 241 g/mol. The highest BCUT2D eigenvalue weighted by Gasteiger charge is 2.28. The van der Waals surface area contributed by atoms with Gasteiger partial charge in [0.15, 0.2) is 0 Å². The maximum atomic E-state index is 6.14. The molecule has 0 aromatic heterocycles. The van der Waals surface area contributed by atoms with Crippen LogP contribution in [0, 0.1) is 0 Å². The molecule has 70 valence electrons. The first-order valence-corrected chi connectivity index (χ1v) is 5.11. The van der Waals surface area contributed by atoms with Gasteiger partial charge in [0.25, 0.3) is 0 Å². The predicted molar refractivity (Wildman–Crippen MR) is 55.8 cm³/mol. The first-order chi connectivity index (χ1) is 6.09. The van der Waals surface area contributed by atoms with Gasteiger partial charge in [-0.1, -0.05) is 22.0 Å². The van der Waals surface area contributed by atoms with E-state index in [0.717, 1.165) is 22.2 Å². The Hall–Kier alpha value is -0.540. The largest absolute Gasteiger partial charge is 0.493 e. The van der Waals surface area contributed by atoms with Gasteiger partial charge in [-0.05, 0) is 19.1 Å². The van der Waals surface area contributed by atoms with Gasteiger partial charge in [0.1, 0.15) is 5.75 Å². The minimum atomic E-state index is -0.242. The molecule has 1 atom stereocenters. The molecule has 0 bridgehead atoms. The number of rotatable bonds is 0. The van der Waals surface area contributed by atoms with Gasteiger partial charge < -0.3 is 10.5 Å². The molecule has 2 nitrogen and oxygen atoms in total. The molecule has 0 amide bonds. The second-order valence-electron chi connectivity index (χ2n) is 3.66. The van der Waals surface area contributed by atoms with Crippen molar-refractivity contribution in [2.75, 3.05) is 6.61 Å². The van der Waals surface area contributed by atoms with Crippen molar-refractivity contribution in [3.63, 3.8) is 0 Å². The molecular formula is C10H12BrNO. The first-order valence-electron chi connectivity index (χ1n) is 4.31. The molecule has 13 heavy (non-hydrogen) atoms. The molecule has 0 radical (unpaired) electrons. The number of hydrogen-bond donors (Lipinski definition) is 1. The van der Waals surface area contributed by atoms with Crippen molar-refractivity contribution < 1.29 is 4.74 Å². The maximum absolute atomic E-state index is 6.14. The highest BCUT2D eigenvalue weighted by molar-refractivity contribution is 9.10. The molecule has 0 saturated heterocycles. The summed E-state index contributed by atoms with van der Waals surface area (Å²) in [6.07, 6.45) is 0.877. The summed E-state index contributed by atoms with van der Waals surface area (Å²) in [4.78, 5) is 0. The fraction of sp³-hybridized carbons (Fsp3) is 0.400. The third-order valence-corrected chi connectivity index (χ3v) is 2.93. The lowest BCUT2D eigenvalue weighted by atomic mass is 9.88. The standard InChI is InChI=1S/C10H12BrNO/c1-10(12)4-5-13-9-6-7(11)2-3-8(9)10/h2-3,6H,4-5,12H2,1H3/t10-/m1/s1. The van der Waals surface area contributed by atoms with E-state index in [2.05, 4.69) is 15.9 Å². The molecule has 1 heterocycles. The average molecular weight is 242 g/mol. The van der Waals surface area contributed by atoms with Crippen LogP contribution >= 0.6 is 15.9 Å².